The lowest BCUT2D eigenvalue weighted by molar-refractivity contribution is -0.148. The van der Waals surface area contributed by atoms with Gasteiger partial charge >= 0.3 is 5.97 Å². The maximum Gasteiger partial charge on any atom is 0.329 e. The molecule has 142 valence electrons. The van der Waals surface area contributed by atoms with Gasteiger partial charge < -0.3 is 9.64 Å². The zero-order valence-corrected chi connectivity index (χ0v) is 16.4. The van der Waals surface area contributed by atoms with E-state index in [0.29, 0.717) is 5.02 Å². The Balaban J connectivity index is 2.54. The van der Waals surface area contributed by atoms with Crippen molar-refractivity contribution < 1.29 is 22.7 Å². The first-order chi connectivity index (χ1) is 12.2. The first kappa shape index (κ1) is 20.4. The largest absolute Gasteiger partial charge is 0.465 e. The minimum Gasteiger partial charge on any atom is -0.465 e. The van der Waals surface area contributed by atoms with Gasteiger partial charge in [-0.3, -0.25) is 4.79 Å². The molecule has 7 nitrogen and oxygen atoms in total. The molecule has 1 atom stereocenters. The normalized spacial score (nSPS) is 20.2. The lowest BCUT2D eigenvalue weighted by atomic mass is 9.97. The van der Waals surface area contributed by atoms with Gasteiger partial charge in [0.1, 0.15) is 0 Å². The molecule has 1 aliphatic heterocycles. The summed E-state index contributed by atoms with van der Waals surface area (Å²) in [7, 11) is -0.642. The molecule has 0 amide bonds. The number of carbonyl (C=O) groups is 2. The van der Waals surface area contributed by atoms with Gasteiger partial charge in [0.05, 0.1) is 11.5 Å². The van der Waals surface area contributed by atoms with Crippen LogP contribution >= 0.6 is 11.6 Å². The summed E-state index contributed by atoms with van der Waals surface area (Å²) >= 11 is 5.83. The molecule has 1 aromatic rings. The van der Waals surface area contributed by atoms with Crippen LogP contribution in [0.1, 0.15) is 13.3 Å². The van der Waals surface area contributed by atoms with E-state index in [9.17, 15) is 18.0 Å². The molecule has 0 saturated carbocycles. The molecule has 0 aliphatic carbocycles. The average molecular weight is 401 g/mol. The SMILES string of the molecule is CCOC(=O)C1C(=CN(C)C)C(=O)CCN1S(=O)(=O)c1ccc(Cl)cc1. The zero-order chi connectivity index (χ0) is 19.5. The van der Waals surface area contributed by atoms with Crippen molar-refractivity contribution in [2.45, 2.75) is 24.3 Å². The van der Waals surface area contributed by atoms with Crippen LogP contribution in [0.15, 0.2) is 40.9 Å². The molecule has 1 aromatic carbocycles. The van der Waals surface area contributed by atoms with Crippen molar-refractivity contribution in [3.05, 3.63) is 41.1 Å². The molecular weight excluding hydrogens is 380 g/mol. The van der Waals surface area contributed by atoms with Gasteiger partial charge in [-0.2, -0.15) is 4.31 Å². The zero-order valence-electron chi connectivity index (χ0n) is 14.8. The summed E-state index contributed by atoms with van der Waals surface area (Å²) in [6, 6.07) is 4.33. The number of Topliss-reactive ketones (excluding diaryl/α,β-unsaturated/α-hetero) is 1. The van der Waals surface area contributed by atoms with Crippen molar-refractivity contribution in [1.29, 1.82) is 0 Å². The standard InChI is InChI=1S/C17H21ClN2O5S/c1-4-25-17(22)16-14(11-19(2)3)15(21)9-10-20(16)26(23,24)13-7-5-12(18)6-8-13/h5-8,11,16H,4,9-10H2,1-3H3. The van der Waals surface area contributed by atoms with Crippen LogP contribution in [0.3, 0.4) is 0 Å². The summed E-state index contributed by atoms with van der Waals surface area (Å²) in [5.74, 6) is -1.05. The third kappa shape index (κ3) is 4.25. The summed E-state index contributed by atoms with van der Waals surface area (Å²) in [4.78, 5) is 26.5. The first-order valence-electron chi connectivity index (χ1n) is 8.04. The number of ketones is 1. The minimum atomic E-state index is -4.02. The quantitative estimate of drug-likeness (QED) is 0.552. The molecule has 0 radical (unpaired) electrons. The Morgan fingerprint density at radius 1 is 1.35 bits per heavy atom. The topological polar surface area (TPSA) is 84.0 Å². The number of sulfonamides is 1. The highest BCUT2D eigenvalue weighted by atomic mass is 35.5. The number of carbonyl (C=O) groups excluding carboxylic acids is 2. The van der Waals surface area contributed by atoms with E-state index in [4.69, 9.17) is 16.3 Å². The predicted molar refractivity (Wildman–Crippen MR) is 97.2 cm³/mol. The third-order valence-electron chi connectivity index (χ3n) is 3.79. The number of piperidine rings is 1. The van der Waals surface area contributed by atoms with Gasteiger partial charge in [0.25, 0.3) is 0 Å². The lowest BCUT2D eigenvalue weighted by Crippen LogP contribution is -2.52. The number of hydrogen-bond acceptors (Lipinski definition) is 6. The van der Waals surface area contributed by atoms with Gasteiger partial charge in [-0.25, -0.2) is 13.2 Å². The van der Waals surface area contributed by atoms with E-state index in [0.717, 1.165) is 4.31 Å². The Hall–Kier alpha value is -1.90. The fourth-order valence-electron chi connectivity index (χ4n) is 2.68. The third-order valence-corrected chi connectivity index (χ3v) is 5.92. The molecule has 1 fully saturated rings. The molecule has 26 heavy (non-hydrogen) atoms. The number of esters is 1. The maximum absolute atomic E-state index is 13.1. The second-order valence-electron chi connectivity index (χ2n) is 5.95. The van der Waals surface area contributed by atoms with E-state index in [1.807, 2.05) is 0 Å². The molecule has 1 aliphatic rings. The molecule has 1 unspecified atom stereocenters. The van der Waals surface area contributed by atoms with E-state index in [1.165, 1.54) is 30.5 Å². The Morgan fingerprint density at radius 2 is 1.96 bits per heavy atom. The second kappa shape index (κ2) is 8.20. The van der Waals surface area contributed by atoms with Crippen molar-refractivity contribution in [3.8, 4) is 0 Å². The highest BCUT2D eigenvalue weighted by Gasteiger charge is 2.44. The van der Waals surface area contributed by atoms with Crippen LogP contribution in [0.2, 0.25) is 5.02 Å². The molecule has 0 N–H and O–H groups in total. The van der Waals surface area contributed by atoms with Gasteiger partial charge in [-0.1, -0.05) is 11.6 Å². The molecule has 1 heterocycles. The van der Waals surface area contributed by atoms with E-state index >= 15 is 0 Å². The van der Waals surface area contributed by atoms with Crippen LogP contribution in [0.25, 0.3) is 0 Å². The highest BCUT2D eigenvalue weighted by molar-refractivity contribution is 7.89. The van der Waals surface area contributed by atoms with Gasteiger partial charge in [-0.05, 0) is 31.2 Å². The van der Waals surface area contributed by atoms with E-state index in [2.05, 4.69) is 0 Å². The van der Waals surface area contributed by atoms with Gasteiger partial charge in [0, 0.05) is 43.9 Å². The summed E-state index contributed by atoms with van der Waals surface area (Å²) in [5.41, 5.74) is 0.0947. The van der Waals surface area contributed by atoms with Crippen molar-refractivity contribution in [2.24, 2.45) is 0 Å². The maximum atomic E-state index is 13.1. The fraction of sp³-hybridized carbons (Fsp3) is 0.412. The second-order valence-corrected chi connectivity index (χ2v) is 8.27. The number of nitrogens with zero attached hydrogens (tertiary/aromatic N) is 2. The van der Waals surface area contributed by atoms with Gasteiger partial charge in [0.15, 0.2) is 11.8 Å². The van der Waals surface area contributed by atoms with Crippen molar-refractivity contribution in [3.63, 3.8) is 0 Å². The van der Waals surface area contributed by atoms with Gasteiger partial charge in [-0.15, -0.1) is 0 Å². The molecule has 0 aromatic heterocycles. The van der Waals surface area contributed by atoms with Crippen LogP contribution in [-0.4, -0.2) is 62.7 Å². The smallest absolute Gasteiger partial charge is 0.329 e. The molecule has 0 bridgehead atoms. The van der Waals surface area contributed by atoms with Crippen molar-refractivity contribution in [1.82, 2.24) is 9.21 Å². The predicted octanol–water partition coefficient (Wildman–Crippen LogP) is 1.68. The highest BCUT2D eigenvalue weighted by Crippen LogP contribution is 2.29. The van der Waals surface area contributed by atoms with Crippen molar-refractivity contribution >= 4 is 33.4 Å². The first-order valence-corrected chi connectivity index (χ1v) is 9.85. The number of benzene rings is 1. The summed E-state index contributed by atoms with van der Waals surface area (Å²) in [6.07, 6.45) is 1.45. The minimum absolute atomic E-state index is 0.00486. The molecule has 9 heteroatoms. The van der Waals surface area contributed by atoms with E-state index in [-0.39, 0.29) is 35.8 Å². The van der Waals surface area contributed by atoms with Crippen LogP contribution in [0, 0.1) is 0 Å². The van der Waals surface area contributed by atoms with Crippen LogP contribution in [0.5, 0.6) is 0 Å². The summed E-state index contributed by atoms with van der Waals surface area (Å²) in [5, 5.41) is 0.396. The van der Waals surface area contributed by atoms with Crippen molar-refractivity contribution in [2.75, 3.05) is 27.2 Å². The Labute approximate surface area is 158 Å². The summed E-state index contributed by atoms with van der Waals surface area (Å²) < 4.78 is 32.2. The number of rotatable bonds is 5. The monoisotopic (exact) mass is 400 g/mol. The molecule has 2 rings (SSSR count). The Bertz CT molecular complexity index is 818. The lowest BCUT2D eigenvalue weighted by Gasteiger charge is -2.34. The van der Waals surface area contributed by atoms with Crippen LogP contribution in [-0.2, 0) is 24.3 Å². The average Bonchev–Trinajstić information content (AvgIpc) is 2.56. The molecule has 1 saturated heterocycles. The fourth-order valence-corrected chi connectivity index (χ4v) is 4.37. The Kier molecular flexibility index (Phi) is 6.44. The number of ether oxygens (including phenoxy) is 1. The Morgan fingerprint density at radius 3 is 2.50 bits per heavy atom. The van der Waals surface area contributed by atoms with E-state index < -0.39 is 22.0 Å². The number of hydrogen-bond donors (Lipinski definition) is 0. The van der Waals surface area contributed by atoms with Crippen LogP contribution < -0.4 is 0 Å². The van der Waals surface area contributed by atoms with E-state index in [1.54, 1.807) is 25.9 Å². The number of halogens is 1. The molecule has 0 spiro atoms. The molecular formula is C17H21ClN2O5S. The van der Waals surface area contributed by atoms with Gasteiger partial charge in [0.2, 0.25) is 10.0 Å². The summed E-state index contributed by atoms with van der Waals surface area (Å²) in [6.45, 7) is 1.60. The van der Waals surface area contributed by atoms with Crippen LogP contribution in [0.4, 0.5) is 0 Å².